The van der Waals surface area contributed by atoms with Crippen molar-refractivity contribution < 1.29 is 42.5 Å². The van der Waals surface area contributed by atoms with E-state index in [2.05, 4.69) is 12.6 Å². The second kappa shape index (κ2) is 5.68. The summed E-state index contributed by atoms with van der Waals surface area (Å²) in [5, 5.41) is 0. The first-order chi connectivity index (χ1) is 6.05. The molecule has 1 N–H and O–H groups in total. The van der Waals surface area contributed by atoms with Gasteiger partial charge in [0.1, 0.15) is 0 Å². The molecular formula is C9H9NaO3S. The van der Waals surface area contributed by atoms with Gasteiger partial charge in [-0.1, -0.05) is 12.5 Å². The molecule has 0 aromatic heterocycles. The quantitative estimate of drug-likeness (QED) is 0.291. The van der Waals surface area contributed by atoms with Crippen molar-refractivity contribution in [1.82, 2.24) is 0 Å². The molecule has 14 heavy (non-hydrogen) atoms. The van der Waals surface area contributed by atoms with E-state index in [0.717, 1.165) is 0 Å². The van der Waals surface area contributed by atoms with Crippen molar-refractivity contribution in [2.24, 2.45) is 0 Å². The molecule has 1 rings (SSSR count). The Morgan fingerprint density at radius 1 is 1.57 bits per heavy atom. The number of hydrogen-bond donors (Lipinski definition) is 1. The molecule has 0 saturated carbocycles. The van der Waals surface area contributed by atoms with Crippen LogP contribution in [-0.4, -0.2) is 13.0 Å². The predicted molar refractivity (Wildman–Crippen MR) is 49.0 cm³/mol. The van der Waals surface area contributed by atoms with Crippen LogP contribution < -0.4 is 29.6 Å². The molecule has 0 bridgehead atoms. The van der Waals surface area contributed by atoms with E-state index in [-0.39, 0.29) is 34.5 Å². The summed E-state index contributed by atoms with van der Waals surface area (Å²) >= 11 is 0. The van der Waals surface area contributed by atoms with Crippen LogP contribution in [0.15, 0.2) is 35.7 Å². The van der Waals surface area contributed by atoms with E-state index in [9.17, 15) is 8.42 Å². The van der Waals surface area contributed by atoms with Gasteiger partial charge in [-0.05, 0) is 4.90 Å². The summed E-state index contributed by atoms with van der Waals surface area (Å²) in [5.41, 5.74) is 0.500. The van der Waals surface area contributed by atoms with Gasteiger partial charge in [0.2, 0.25) is 0 Å². The molecule has 0 amide bonds. The Morgan fingerprint density at radius 3 is 2.71 bits per heavy atom. The summed E-state index contributed by atoms with van der Waals surface area (Å²) in [4.78, 5) is -0.0776. The first-order valence-electron chi connectivity index (χ1n) is 3.63. The molecule has 0 fully saturated rings. The van der Waals surface area contributed by atoms with Crippen molar-refractivity contribution >= 4 is 10.1 Å². The number of rotatable bonds is 3. The van der Waals surface area contributed by atoms with Crippen LogP contribution in [0.1, 0.15) is 5.56 Å². The molecule has 3 nitrogen and oxygen atoms in total. The topological polar surface area (TPSA) is 54.4 Å². The third kappa shape index (κ3) is 3.55. The molecule has 0 aliphatic rings. The molecule has 0 heterocycles. The van der Waals surface area contributed by atoms with E-state index in [1.54, 1.807) is 6.08 Å². The third-order valence-electron chi connectivity index (χ3n) is 1.55. The van der Waals surface area contributed by atoms with Crippen molar-refractivity contribution in [3.8, 4) is 0 Å². The minimum Gasteiger partial charge on any atom is -0.283 e. The van der Waals surface area contributed by atoms with Crippen LogP contribution in [0, 0.1) is 6.07 Å². The molecule has 0 radical (unpaired) electrons. The van der Waals surface area contributed by atoms with Crippen LogP contribution in [0.3, 0.4) is 0 Å². The smallest absolute Gasteiger partial charge is 0.283 e. The van der Waals surface area contributed by atoms with E-state index < -0.39 is 10.1 Å². The van der Waals surface area contributed by atoms with Crippen molar-refractivity contribution in [2.45, 2.75) is 11.3 Å². The van der Waals surface area contributed by atoms with Crippen LogP contribution >= 0.6 is 0 Å². The number of benzene rings is 1. The summed E-state index contributed by atoms with van der Waals surface area (Å²) in [6.45, 7) is 3.49. The van der Waals surface area contributed by atoms with Crippen LogP contribution in [0.25, 0.3) is 0 Å². The van der Waals surface area contributed by atoms with Gasteiger partial charge in [-0.3, -0.25) is 4.55 Å². The standard InChI is InChI=1S/C9H9O3S.Na/c1-2-5-8-6-3-4-7-9(8)13(10,11)12;/h2,4,6-7H,1,5H2,(H,10,11,12);/q-1;+1. The maximum atomic E-state index is 10.8. The van der Waals surface area contributed by atoms with E-state index in [1.807, 2.05) is 0 Å². The van der Waals surface area contributed by atoms with Crippen LogP contribution in [0.5, 0.6) is 0 Å². The molecule has 0 spiro atoms. The largest absolute Gasteiger partial charge is 1.00 e. The maximum absolute atomic E-state index is 10.8. The Kier molecular flexibility index (Phi) is 5.63. The van der Waals surface area contributed by atoms with Gasteiger partial charge in [0, 0.05) is 0 Å². The van der Waals surface area contributed by atoms with Gasteiger partial charge >= 0.3 is 29.6 Å². The van der Waals surface area contributed by atoms with E-state index in [1.165, 1.54) is 18.2 Å². The number of hydrogen-bond acceptors (Lipinski definition) is 2. The van der Waals surface area contributed by atoms with Gasteiger partial charge in [0.15, 0.2) is 0 Å². The zero-order valence-corrected chi connectivity index (χ0v) is 10.7. The number of allylic oxidation sites excluding steroid dienone is 1. The molecule has 0 unspecified atom stereocenters. The van der Waals surface area contributed by atoms with Gasteiger partial charge in [-0.15, -0.1) is 18.2 Å². The average Bonchev–Trinajstić information content (AvgIpc) is 2.04. The second-order valence-corrected chi connectivity index (χ2v) is 3.89. The van der Waals surface area contributed by atoms with Crippen LogP contribution in [0.4, 0.5) is 0 Å². The minimum atomic E-state index is -4.12. The zero-order chi connectivity index (χ0) is 9.90. The van der Waals surface area contributed by atoms with Gasteiger partial charge in [-0.25, -0.2) is 0 Å². The van der Waals surface area contributed by atoms with E-state index in [0.29, 0.717) is 12.0 Å². The fourth-order valence-corrected chi connectivity index (χ4v) is 1.73. The summed E-state index contributed by atoms with van der Waals surface area (Å²) < 4.78 is 30.5. The van der Waals surface area contributed by atoms with Crippen molar-refractivity contribution in [1.29, 1.82) is 0 Å². The Bertz CT molecular complexity index is 412. The molecule has 5 heteroatoms. The van der Waals surface area contributed by atoms with Crippen LogP contribution in [0.2, 0.25) is 0 Å². The summed E-state index contributed by atoms with van der Waals surface area (Å²) in [6, 6.07) is 7.01. The van der Waals surface area contributed by atoms with Crippen LogP contribution in [-0.2, 0) is 16.5 Å². The molecular weight excluding hydrogens is 211 g/mol. The molecule has 0 saturated heterocycles. The Labute approximate surface area is 106 Å². The van der Waals surface area contributed by atoms with Gasteiger partial charge in [0.05, 0.1) is 0 Å². The summed E-state index contributed by atoms with van der Waals surface area (Å²) in [5.74, 6) is 0. The fourth-order valence-electron chi connectivity index (χ4n) is 1.02. The second-order valence-electron chi connectivity index (χ2n) is 2.50. The first-order valence-corrected chi connectivity index (χ1v) is 5.07. The monoisotopic (exact) mass is 220 g/mol. The predicted octanol–water partition coefficient (Wildman–Crippen LogP) is -1.53. The Morgan fingerprint density at radius 2 is 2.21 bits per heavy atom. The third-order valence-corrected chi connectivity index (χ3v) is 2.50. The Hall–Kier alpha value is -0.130. The van der Waals surface area contributed by atoms with Gasteiger partial charge < -0.3 is 0 Å². The fraction of sp³-hybridized carbons (Fsp3) is 0.111. The van der Waals surface area contributed by atoms with Crippen molar-refractivity contribution in [3.05, 3.63) is 42.5 Å². The SMILES string of the molecule is C=CCc1c[c-]ccc1S(=O)(=O)O.[Na+]. The minimum absolute atomic E-state index is 0. The molecule has 0 aliphatic heterocycles. The average molecular weight is 220 g/mol. The van der Waals surface area contributed by atoms with E-state index >= 15 is 0 Å². The normalized spacial score (nSPS) is 10.4. The van der Waals surface area contributed by atoms with Gasteiger partial charge in [0.25, 0.3) is 10.1 Å². The van der Waals surface area contributed by atoms with E-state index in [4.69, 9.17) is 4.55 Å². The maximum Gasteiger partial charge on any atom is 1.00 e. The summed E-state index contributed by atoms with van der Waals surface area (Å²) in [7, 11) is -4.12. The molecule has 1 aromatic carbocycles. The Balaban J connectivity index is 0.00000169. The van der Waals surface area contributed by atoms with Crippen molar-refractivity contribution in [3.63, 3.8) is 0 Å². The molecule has 0 aliphatic carbocycles. The molecule has 0 atom stereocenters. The zero-order valence-electron chi connectivity index (χ0n) is 7.90. The first kappa shape index (κ1) is 13.9. The molecule has 70 valence electrons. The van der Waals surface area contributed by atoms with Crippen molar-refractivity contribution in [2.75, 3.05) is 0 Å². The van der Waals surface area contributed by atoms with Gasteiger partial charge in [-0.2, -0.15) is 26.6 Å². The summed E-state index contributed by atoms with van der Waals surface area (Å²) in [6.07, 6.45) is 1.96. The molecule has 1 aromatic rings.